The Morgan fingerprint density at radius 1 is 0.490 bits per heavy atom. The predicted molar refractivity (Wildman–Crippen MR) is 202 cm³/mol. The van der Waals surface area contributed by atoms with Crippen LogP contribution in [0.2, 0.25) is 0 Å². The minimum Gasteiger partial charge on any atom is -0.457 e. The summed E-state index contributed by atoms with van der Waals surface area (Å²) in [6.45, 7) is 4.61. The van der Waals surface area contributed by atoms with Crippen LogP contribution in [0, 0.1) is 0 Å². The van der Waals surface area contributed by atoms with Crippen LogP contribution in [-0.2, 0) is 50.1 Å². The first-order valence-electron chi connectivity index (χ1n) is 18.9. The number of amidine groups is 1. The smallest absolute Gasteiger partial charge is 0.285 e. The molecule has 1 aliphatic heterocycles. The van der Waals surface area contributed by atoms with E-state index in [0.717, 1.165) is 28.7 Å². The van der Waals surface area contributed by atoms with Crippen LogP contribution >= 0.6 is 0 Å². The van der Waals surface area contributed by atoms with Gasteiger partial charge in [0.1, 0.15) is 24.4 Å². The molecule has 0 amide bonds. The van der Waals surface area contributed by atoms with Gasteiger partial charge in [0.2, 0.25) is 0 Å². The molecule has 4 aromatic rings. The molecule has 0 unspecified atom stereocenters. The third kappa shape index (κ3) is 11.0. The number of unbranched alkanes of at least 4 members (excludes halogenated alkanes) is 6. The van der Waals surface area contributed by atoms with Gasteiger partial charge in [0.05, 0.1) is 32.5 Å². The first-order chi connectivity index (χ1) is 25.3. The lowest BCUT2D eigenvalue weighted by Crippen LogP contribution is -2.67. The van der Waals surface area contributed by atoms with Crippen molar-refractivity contribution in [2.45, 2.75) is 115 Å². The summed E-state index contributed by atoms with van der Waals surface area (Å²) in [5, 5.41) is 3.64. The Bertz CT molecular complexity index is 1450. The fourth-order valence-corrected chi connectivity index (χ4v) is 6.93. The minimum atomic E-state index is -0.496. The summed E-state index contributed by atoms with van der Waals surface area (Å²) in [5.41, 5.74) is 4.33. The van der Waals surface area contributed by atoms with Crippen LogP contribution in [0.3, 0.4) is 0 Å². The van der Waals surface area contributed by atoms with Crippen molar-refractivity contribution in [2.24, 2.45) is 4.99 Å². The molecule has 0 radical (unpaired) electrons. The zero-order valence-electron chi connectivity index (χ0n) is 30.0. The Hall–Kier alpha value is -4.01. The molecule has 6 rings (SSSR count). The molecule has 2 aliphatic rings. The zero-order valence-corrected chi connectivity index (χ0v) is 30.0. The number of hydrogen-bond donors (Lipinski definition) is 1. The number of ether oxygens (including phenoxy) is 5. The number of rotatable bonds is 20. The van der Waals surface area contributed by atoms with Crippen molar-refractivity contribution in [3.8, 4) is 0 Å². The lowest BCUT2D eigenvalue weighted by molar-refractivity contribution is -0.240. The average molecular weight is 691 g/mol. The summed E-state index contributed by atoms with van der Waals surface area (Å²) in [7, 11) is 0. The van der Waals surface area contributed by atoms with Crippen molar-refractivity contribution < 1.29 is 23.7 Å². The molecule has 1 aliphatic carbocycles. The summed E-state index contributed by atoms with van der Waals surface area (Å²) < 4.78 is 34.1. The van der Waals surface area contributed by atoms with Crippen molar-refractivity contribution >= 4 is 6.02 Å². The summed E-state index contributed by atoms with van der Waals surface area (Å²) in [6.07, 6.45) is 6.38. The highest BCUT2D eigenvalue weighted by Crippen LogP contribution is 2.36. The highest BCUT2D eigenvalue weighted by molar-refractivity contribution is 5.76. The Kier molecular flexibility index (Phi) is 14.5. The molecule has 0 bridgehead atoms. The van der Waals surface area contributed by atoms with Crippen molar-refractivity contribution in [3.05, 3.63) is 144 Å². The lowest BCUT2D eigenvalue weighted by Gasteiger charge is -2.46. The van der Waals surface area contributed by atoms with Crippen molar-refractivity contribution in [2.75, 3.05) is 6.54 Å². The Labute approximate surface area is 304 Å². The number of fused-ring (bicyclic) bond motifs is 1. The van der Waals surface area contributed by atoms with Crippen LogP contribution in [0.4, 0.5) is 0 Å². The second kappa shape index (κ2) is 20.1. The third-order valence-electron chi connectivity index (χ3n) is 9.70. The molecule has 270 valence electrons. The molecule has 1 heterocycles. The van der Waals surface area contributed by atoms with Crippen LogP contribution in [0.5, 0.6) is 0 Å². The average Bonchev–Trinajstić information content (AvgIpc) is 3.61. The van der Waals surface area contributed by atoms with Gasteiger partial charge in [-0.05, 0) is 28.7 Å². The Balaban J connectivity index is 1.28. The normalized spacial score (nSPS) is 23.4. The first-order valence-corrected chi connectivity index (χ1v) is 18.9. The van der Waals surface area contributed by atoms with Crippen molar-refractivity contribution in [1.82, 2.24) is 5.32 Å². The molecule has 0 spiro atoms. The number of aliphatic imine (C=N–C) groups is 1. The predicted octanol–water partition coefficient (Wildman–Crippen LogP) is 8.81. The highest BCUT2D eigenvalue weighted by atomic mass is 16.6. The van der Waals surface area contributed by atoms with E-state index in [1.54, 1.807) is 0 Å². The van der Waals surface area contributed by atoms with Crippen LogP contribution in [0.1, 0.15) is 74.1 Å². The first kappa shape index (κ1) is 36.8. The number of nitrogens with one attached hydrogen (secondary N) is 1. The molecule has 2 fully saturated rings. The summed E-state index contributed by atoms with van der Waals surface area (Å²) >= 11 is 0. The molecule has 1 saturated carbocycles. The molecule has 1 saturated heterocycles. The lowest BCUT2D eigenvalue weighted by atomic mass is 9.82. The molecule has 51 heavy (non-hydrogen) atoms. The van der Waals surface area contributed by atoms with E-state index in [1.165, 1.54) is 38.5 Å². The Morgan fingerprint density at radius 3 is 1.35 bits per heavy atom. The van der Waals surface area contributed by atoms with Crippen LogP contribution in [-0.4, -0.2) is 49.1 Å². The zero-order chi connectivity index (χ0) is 34.9. The molecule has 4 aromatic carbocycles. The number of hydrogen-bond acceptors (Lipinski definition) is 6. The standard InChI is InChI=1S/C44H54N2O5/c1-2-3-4-5-6-7-20-29-45-44-46-38-39(47-30-34-21-12-8-13-22-34)41(48-31-35-23-14-9-15-24-35)43(50-33-37-27-18-11-19-28-37)42(40(38)51-44)49-32-36-25-16-10-17-26-36/h8-19,21-28,38-43H,2-7,20,29-33H2,1H3,(H,45,46)/t38-,39-,40+,41+,42-,43-/m0/s1. The molecular formula is C44H54N2O5. The van der Waals surface area contributed by atoms with Crippen LogP contribution in [0.15, 0.2) is 126 Å². The van der Waals surface area contributed by atoms with Gasteiger partial charge < -0.3 is 29.0 Å². The Morgan fingerprint density at radius 2 is 0.882 bits per heavy atom. The van der Waals surface area contributed by atoms with E-state index in [9.17, 15) is 0 Å². The van der Waals surface area contributed by atoms with Crippen LogP contribution < -0.4 is 5.32 Å². The summed E-state index contributed by atoms with van der Waals surface area (Å²) in [5.74, 6) is 0. The summed E-state index contributed by atoms with van der Waals surface area (Å²) in [4.78, 5) is 4.91. The minimum absolute atomic E-state index is 0.264. The maximum absolute atomic E-state index is 6.88. The van der Waals surface area contributed by atoms with Gasteiger partial charge in [0.25, 0.3) is 6.02 Å². The number of benzene rings is 4. The largest absolute Gasteiger partial charge is 0.457 e. The molecule has 7 heteroatoms. The van der Waals surface area contributed by atoms with Crippen LogP contribution in [0.25, 0.3) is 0 Å². The van der Waals surface area contributed by atoms with E-state index in [4.69, 9.17) is 28.7 Å². The number of nitrogens with zero attached hydrogens (tertiary/aromatic N) is 1. The van der Waals surface area contributed by atoms with Gasteiger partial charge >= 0.3 is 0 Å². The van der Waals surface area contributed by atoms with Crippen molar-refractivity contribution in [3.63, 3.8) is 0 Å². The van der Waals surface area contributed by atoms with Gasteiger partial charge in [-0.15, -0.1) is 0 Å². The van der Waals surface area contributed by atoms with E-state index < -0.39 is 30.5 Å². The van der Waals surface area contributed by atoms with Gasteiger partial charge in [0, 0.05) is 6.54 Å². The van der Waals surface area contributed by atoms with E-state index >= 15 is 0 Å². The van der Waals surface area contributed by atoms with Gasteiger partial charge in [0.15, 0.2) is 6.10 Å². The second-order valence-electron chi connectivity index (χ2n) is 13.6. The molecule has 0 aromatic heterocycles. The molecular weight excluding hydrogens is 636 g/mol. The highest BCUT2D eigenvalue weighted by Gasteiger charge is 2.58. The quantitative estimate of drug-likeness (QED) is 0.0936. The maximum Gasteiger partial charge on any atom is 0.285 e. The fourth-order valence-electron chi connectivity index (χ4n) is 6.93. The van der Waals surface area contributed by atoms with Gasteiger partial charge in [-0.2, -0.15) is 0 Å². The second-order valence-corrected chi connectivity index (χ2v) is 13.6. The van der Waals surface area contributed by atoms with E-state index in [2.05, 4.69) is 60.8 Å². The molecule has 6 atom stereocenters. The van der Waals surface area contributed by atoms with E-state index in [1.807, 2.05) is 72.8 Å². The third-order valence-corrected chi connectivity index (χ3v) is 9.70. The van der Waals surface area contributed by atoms with Gasteiger partial charge in [-0.3, -0.25) is 0 Å². The van der Waals surface area contributed by atoms with Gasteiger partial charge in [-0.1, -0.05) is 167 Å². The molecule has 7 nitrogen and oxygen atoms in total. The van der Waals surface area contributed by atoms with E-state index in [0.29, 0.717) is 39.0 Å². The summed E-state index contributed by atoms with van der Waals surface area (Å²) in [6, 6.07) is 41.3. The topological polar surface area (TPSA) is 70.5 Å². The van der Waals surface area contributed by atoms with E-state index in [-0.39, 0.29) is 6.04 Å². The monoisotopic (exact) mass is 690 g/mol. The maximum atomic E-state index is 6.88. The SMILES string of the molecule is CCCCCCCCCN=C1N[C@@H]2[C@@H](O1)[C@H](OCc1ccccc1)[C@@H](OCc1ccccc1)[C@H](OCc1ccccc1)[C@H]2OCc1ccccc1. The fraction of sp³-hybridized carbons (Fsp3) is 0.432. The van der Waals surface area contributed by atoms with Crippen molar-refractivity contribution in [1.29, 1.82) is 0 Å². The molecule has 1 N–H and O–H groups in total. The van der Waals surface area contributed by atoms with Gasteiger partial charge in [-0.25, -0.2) is 4.99 Å².